The third-order valence-electron chi connectivity index (χ3n) is 5.93. The van der Waals surface area contributed by atoms with E-state index in [0.717, 1.165) is 49.2 Å². The first-order chi connectivity index (χ1) is 15.2. The van der Waals surface area contributed by atoms with Crippen molar-refractivity contribution in [1.82, 2.24) is 20.4 Å². The predicted octanol–water partition coefficient (Wildman–Crippen LogP) is 5.16. The van der Waals surface area contributed by atoms with Gasteiger partial charge in [-0.1, -0.05) is 42.5 Å². The van der Waals surface area contributed by atoms with Crippen molar-refractivity contribution in [1.29, 1.82) is 0 Å². The number of thiophene rings is 1. The first kappa shape index (κ1) is 20.0. The number of nitrogens with one attached hydrogen (secondary N) is 2. The molecule has 0 spiro atoms. The zero-order valence-electron chi connectivity index (χ0n) is 17.6. The quantitative estimate of drug-likeness (QED) is 0.455. The maximum absolute atomic E-state index is 11.8. The van der Waals surface area contributed by atoms with Crippen LogP contribution in [0.15, 0.2) is 48.5 Å². The average Bonchev–Trinajstić information content (AvgIpc) is 3.38. The highest BCUT2D eigenvalue weighted by Gasteiger charge is 2.23. The van der Waals surface area contributed by atoms with Gasteiger partial charge in [0.05, 0.1) is 16.8 Å². The minimum absolute atomic E-state index is 0.192. The van der Waals surface area contributed by atoms with E-state index in [9.17, 15) is 4.79 Å². The number of nitrogens with zero attached hydrogens (tertiary/aromatic N) is 2. The molecule has 1 aliphatic rings. The molecule has 3 heterocycles. The number of hydrogen-bond donors (Lipinski definition) is 2. The Balaban J connectivity index is 1.21. The summed E-state index contributed by atoms with van der Waals surface area (Å²) in [6.45, 7) is 4.59. The van der Waals surface area contributed by atoms with Gasteiger partial charge in [-0.05, 0) is 31.4 Å². The largest absolute Gasteiger partial charge is 0.450 e. The van der Waals surface area contributed by atoms with Crippen LogP contribution >= 0.6 is 11.3 Å². The second-order valence-corrected chi connectivity index (χ2v) is 8.96. The third kappa shape index (κ3) is 4.03. The van der Waals surface area contributed by atoms with Crippen molar-refractivity contribution in [2.75, 3.05) is 19.7 Å². The number of H-pyrrole nitrogens is 1. The van der Waals surface area contributed by atoms with Crippen molar-refractivity contribution in [2.24, 2.45) is 0 Å². The highest BCUT2D eigenvalue weighted by atomic mass is 32.1. The van der Waals surface area contributed by atoms with E-state index in [1.165, 1.54) is 20.3 Å². The van der Waals surface area contributed by atoms with Gasteiger partial charge < -0.3 is 15.0 Å². The number of likely N-dealkylation sites (tertiary alicyclic amines) is 1. The summed E-state index contributed by atoms with van der Waals surface area (Å²) in [5.74, 6) is 0. The van der Waals surface area contributed by atoms with Crippen molar-refractivity contribution >= 4 is 37.7 Å². The molecule has 0 saturated carbocycles. The normalized spacial score (nSPS) is 15.1. The molecular weight excluding hydrogens is 408 g/mol. The molecule has 6 nitrogen and oxygen atoms in total. The van der Waals surface area contributed by atoms with Crippen molar-refractivity contribution in [3.63, 3.8) is 0 Å². The fourth-order valence-electron chi connectivity index (χ4n) is 4.21. The van der Waals surface area contributed by atoms with Crippen LogP contribution in [0, 0.1) is 0 Å². The van der Waals surface area contributed by atoms with Crippen molar-refractivity contribution in [3.8, 4) is 11.3 Å². The Hall–Kier alpha value is -2.90. The summed E-state index contributed by atoms with van der Waals surface area (Å²) in [4.78, 5) is 13.6. The number of hydrogen-bond acceptors (Lipinski definition) is 5. The molecule has 2 aromatic carbocycles. The number of carbonyl (C=O) groups is 1. The van der Waals surface area contributed by atoms with Gasteiger partial charge in [-0.25, -0.2) is 4.79 Å². The van der Waals surface area contributed by atoms with Gasteiger partial charge in [0.2, 0.25) is 0 Å². The first-order valence-electron chi connectivity index (χ1n) is 10.8. The molecule has 1 fully saturated rings. The number of amides is 1. The van der Waals surface area contributed by atoms with Crippen molar-refractivity contribution in [2.45, 2.75) is 32.4 Å². The second kappa shape index (κ2) is 8.69. The molecule has 1 amide bonds. The van der Waals surface area contributed by atoms with Crippen LogP contribution < -0.4 is 5.32 Å². The van der Waals surface area contributed by atoms with E-state index in [1.54, 1.807) is 16.2 Å². The van der Waals surface area contributed by atoms with Crippen LogP contribution in [-0.2, 0) is 11.3 Å². The lowest BCUT2D eigenvalue weighted by molar-refractivity contribution is 0.0950. The van der Waals surface area contributed by atoms with Crippen LogP contribution in [0.2, 0.25) is 0 Å². The van der Waals surface area contributed by atoms with Crippen LogP contribution in [0.5, 0.6) is 0 Å². The summed E-state index contributed by atoms with van der Waals surface area (Å²) in [7, 11) is 0. The van der Waals surface area contributed by atoms with Crippen molar-refractivity contribution in [3.05, 3.63) is 54.1 Å². The molecule has 2 N–H and O–H groups in total. The van der Waals surface area contributed by atoms with E-state index in [-0.39, 0.29) is 6.09 Å². The lowest BCUT2D eigenvalue weighted by atomic mass is 10.0. The summed E-state index contributed by atoms with van der Waals surface area (Å²) in [6, 6.07) is 17.5. The minimum Gasteiger partial charge on any atom is -0.450 e. The van der Waals surface area contributed by atoms with Crippen LogP contribution in [0.25, 0.3) is 31.6 Å². The molecule has 0 radical (unpaired) electrons. The van der Waals surface area contributed by atoms with E-state index < -0.39 is 0 Å². The zero-order chi connectivity index (χ0) is 21.2. The van der Waals surface area contributed by atoms with Gasteiger partial charge in [-0.15, -0.1) is 11.3 Å². The molecule has 5 rings (SSSR count). The first-order valence-corrected chi connectivity index (χ1v) is 11.6. The number of carbonyl (C=O) groups excluding carboxylic acids is 1. The number of benzene rings is 2. The Morgan fingerprint density at radius 3 is 2.74 bits per heavy atom. The van der Waals surface area contributed by atoms with Gasteiger partial charge in [0.25, 0.3) is 0 Å². The summed E-state index contributed by atoms with van der Waals surface area (Å²) >= 11 is 1.79. The van der Waals surface area contributed by atoms with E-state index >= 15 is 0 Å². The van der Waals surface area contributed by atoms with Gasteiger partial charge in [0, 0.05) is 41.3 Å². The fraction of sp³-hybridized carbons (Fsp3) is 0.333. The van der Waals surface area contributed by atoms with Gasteiger partial charge in [0.15, 0.2) is 0 Å². The van der Waals surface area contributed by atoms with Crippen LogP contribution in [-0.4, -0.2) is 46.9 Å². The highest BCUT2D eigenvalue weighted by Crippen LogP contribution is 2.38. The predicted molar refractivity (Wildman–Crippen MR) is 125 cm³/mol. The topological polar surface area (TPSA) is 70.2 Å². The van der Waals surface area contributed by atoms with Gasteiger partial charge in [0.1, 0.15) is 5.69 Å². The maximum atomic E-state index is 11.8. The highest BCUT2D eigenvalue weighted by molar-refractivity contribution is 7.26. The summed E-state index contributed by atoms with van der Waals surface area (Å²) in [6.07, 6.45) is 1.71. The number of ether oxygens (including phenoxy) is 1. The molecule has 0 unspecified atom stereocenters. The number of rotatable bonds is 5. The monoisotopic (exact) mass is 434 g/mol. The molecule has 0 atom stereocenters. The smallest absolute Gasteiger partial charge is 0.409 e. The number of fused-ring (bicyclic) bond motifs is 3. The Bertz CT molecular complexity index is 1190. The Labute approximate surface area is 185 Å². The Kier molecular flexibility index (Phi) is 5.61. The van der Waals surface area contributed by atoms with E-state index in [0.29, 0.717) is 12.6 Å². The molecule has 0 bridgehead atoms. The summed E-state index contributed by atoms with van der Waals surface area (Å²) in [5.41, 5.74) is 4.52. The van der Waals surface area contributed by atoms with Crippen LogP contribution in [0.1, 0.15) is 25.3 Å². The molecule has 7 heteroatoms. The van der Waals surface area contributed by atoms with E-state index in [1.807, 2.05) is 6.92 Å². The SMILES string of the molecule is CCOC(=O)N1CCC(NCc2ccc(-c3n[nH]c4c3sc3ccccc34)cc2)CC1. The van der Waals surface area contributed by atoms with Gasteiger partial charge in [-0.2, -0.15) is 5.10 Å². The molecule has 1 saturated heterocycles. The lowest BCUT2D eigenvalue weighted by Gasteiger charge is -2.31. The van der Waals surface area contributed by atoms with Crippen LogP contribution in [0.4, 0.5) is 4.79 Å². The zero-order valence-corrected chi connectivity index (χ0v) is 18.4. The van der Waals surface area contributed by atoms with Gasteiger partial charge in [-0.3, -0.25) is 5.10 Å². The number of aromatic amines is 1. The molecule has 4 aromatic rings. The molecule has 160 valence electrons. The Morgan fingerprint density at radius 1 is 1.19 bits per heavy atom. The van der Waals surface area contributed by atoms with Crippen molar-refractivity contribution < 1.29 is 9.53 Å². The molecular formula is C24H26N4O2S. The maximum Gasteiger partial charge on any atom is 0.409 e. The lowest BCUT2D eigenvalue weighted by Crippen LogP contribution is -2.44. The number of aromatic nitrogens is 2. The third-order valence-corrected chi connectivity index (χ3v) is 7.11. The second-order valence-electron chi connectivity index (χ2n) is 7.91. The molecule has 1 aliphatic heterocycles. The van der Waals surface area contributed by atoms with Gasteiger partial charge >= 0.3 is 6.09 Å². The minimum atomic E-state index is -0.192. The summed E-state index contributed by atoms with van der Waals surface area (Å²) < 4.78 is 7.58. The van der Waals surface area contributed by atoms with E-state index in [2.05, 4.69) is 64.0 Å². The standard InChI is InChI=1S/C24H26N4O2S/c1-2-30-24(29)28-13-11-18(12-14-28)25-15-16-7-9-17(10-8-16)21-23-22(27-26-21)19-5-3-4-6-20(19)31-23/h3-10,18,25H,2,11-15H2,1H3,(H,26,27). The molecule has 0 aliphatic carbocycles. The molecule has 2 aromatic heterocycles. The Morgan fingerprint density at radius 2 is 1.97 bits per heavy atom. The number of piperidine rings is 1. The van der Waals surface area contributed by atoms with E-state index in [4.69, 9.17) is 4.74 Å². The summed E-state index contributed by atoms with van der Waals surface area (Å²) in [5, 5.41) is 12.7. The average molecular weight is 435 g/mol. The van der Waals surface area contributed by atoms with Crippen LogP contribution in [0.3, 0.4) is 0 Å². The molecule has 31 heavy (non-hydrogen) atoms. The fourth-order valence-corrected chi connectivity index (χ4v) is 5.37.